The maximum atomic E-state index is 5.34. The molecule has 0 aliphatic carbocycles. The predicted octanol–water partition coefficient (Wildman–Crippen LogP) is 4.66. The Kier molecular flexibility index (Phi) is 4.19. The summed E-state index contributed by atoms with van der Waals surface area (Å²) in [4.78, 5) is 4.76. The van der Waals surface area contributed by atoms with E-state index in [4.69, 9.17) is 9.72 Å². The number of hydrogen-bond acceptors (Lipinski definition) is 2. The molecule has 0 atom stereocenters. The van der Waals surface area contributed by atoms with E-state index in [0.29, 0.717) is 0 Å². The van der Waals surface area contributed by atoms with Crippen molar-refractivity contribution in [1.82, 2.24) is 4.98 Å². The lowest BCUT2D eigenvalue weighted by atomic mass is 9.99. The van der Waals surface area contributed by atoms with Crippen molar-refractivity contribution in [3.8, 4) is 17.0 Å². The van der Waals surface area contributed by atoms with E-state index in [-0.39, 0.29) is 0 Å². The summed E-state index contributed by atoms with van der Waals surface area (Å²) in [6.07, 6.45) is 0.876. The number of rotatable bonds is 4. The summed E-state index contributed by atoms with van der Waals surface area (Å²) in [5, 5.41) is 0. The number of benzene rings is 2. The van der Waals surface area contributed by atoms with Crippen molar-refractivity contribution < 1.29 is 4.74 Å². The summed E-state index contributed by atoms with van der Waals surface area (Å²) in [5.41, 5.74) is 5.66. The minimum Gasteiger partial charge on any atom is -0.497 e. The van der Waals surface area contributed by atoms with Gasteiger partial charge in [0, 0.05) is 11.3 Å². The quantitative estimate of drug-likeness (QED) is 0.697. The first-order chi connectivity index (χ1) is 10.8. The third-order valence-electron chi connectivity index (χ3n) is 3.70. The van der Waals surface area contributed by atoms with E-state index in [2.05, 4.69) is 42.5 Å². The van der Waals surface area contributed by atoms with Crippen molar-refractivity contribution in [3.63, 3.8) is 0 Å². The Balaban J connectivity index is 2.04. The van der Waals surface area contributed by atoms with Gasteiger partial charge in [-0.1, -0.05) is 48.5 Å². The lowest BCUT2D eigenvalue weighted by Gasteiger charge is -2.11. The zero-order chi connectivity index (χ0) is 15.4. The average Bonchev–Trinajstić information content (AvgIpc) is 2.57. The average molecular weight is 289 g/mol. The molecule has 1 heterocycles. The SMILES string of the molecule is COc1cccc(-c2nc(C)ccc2Cc2ccccc2)c1. The summed E-state index contributed by atoms with van der Waals surface area (Å²) in [6, 6.07) is 22.8. The molecule has 0 saturated heterocycles. The highest BCUT2D eigenvalue weighted by molar-refractivity contribution is 5.65. The minimum atomic E-state index is 0.853. The molecule has 110 valence electrons. The molecule has 3 aromatic rings. The number of aryl methyl sites for hydroxylation is 1. The zero-order valence-corrected chi connectivity index (χ0v) is 12.9. The van der Waals surface area contributed by atoms with Crippen molar-refractivity contribution in [3.05, 3.63) is 83.6 Å². The fourth-order valence-corrected chi connectivity index (χ4v) is 2.56. The van der Waals surface area contributed by atoms with Crippen LogP contribution in [0.1, 0.15) is 16.8 Å². The van der Waals surface area contributed by atoms with Crippen LogP contribution in [0, 0.1) is 6.92 Å². The number of ether oxygens (including phenoxy) is 1. The van der Waals surface area contributed by atoms with Crippen LogP contribution in [0.5, 0.6) is 5.75 Å². The second-order valence-electron chi connectivity index (χ2n) is 5.35. The van der Waals surface area contributed by atoms with Crippen LogP contribution in [0.3, 0.4) is 0 Å². The fraction of sp³-hybridized carbons (Fsp3) is 0.150. The molecule has 3 rings (SSSR count). The van der Waals surface area contributed by atoms with Gasteiger partial charge in [0.05, 0.1) is 12.8 Å². The van der Waals surface area contributed by atoms with E-state index in [1.165, 1.54) is 11.1 Å². The molecule has 2 nitrogen and oxygen atoms in total. The van der Waals surface area contributed by atoms with E-state index in [0.717, 1.165) is 29.1 Å². The zero-order valence-electron chi connectivity index (χ0n) is 12.9. The summed E-state index contributed by atoms with van der Waals surface area (Å²) in [5.74, 6) is 0.853. The third-order valence-corrected chi connectivity index (χ3v) is 3.70. The molecule has 0 unspecified atom stereocenters. The van der Waals surface area contributed by atoms with E-state index in [1.807, 2.05) is 31.2 Å². The molecule has 0 bridgehead atoms. The van der Waals surface area contributed by atoms with Gasteiger partial charge in [-0.05, 0) is 42.7 Å². The molecule has 2 heteroatoms. The largest absolute Gasteiger partial charge is 0.497 e. The molecule has 0 fully saturated rings. The Morgan fingerprint density at radius 2 is 1.73 bits per heavy atom. The molecule has 0 N–H and O–H groups in total. The standard InChI is InChI=1S/C20H19NO/c1-15-11-12-18(13-16-7-4-3-5-8-16)20(21-15)17-9-6-10-19(14-17)22-2/h3-12,14H,13H2,1-2H3. The van der Waals surface area contributed by atoms with Crippen molar-refractivity contribution >= 4 is 0 Å². The van der Waals surface area contributed by atoms with Crippen LogP contribution in [0.2, 0.25) is 0 Å². The molecule has 0 aliphatic rings. The second kappa shape index (κ2) is 6.44. The molecule has 0 amide bonds. The normalized spacial score (nSPS) is 10.5. The minimum absolute atomic E-state index is 0.853. The topological polar surface area (TPSA) is 22.1 Å². The molecule has 0 saturated carbocycles. The number of hydrogen-bond donors (Lipinski definition) is 0. The molecule has 0 radical (unpaired) electrons. The first-order valence-electron chi connectivity index (χ1n) is 7.41. The smallest absolute Gasteiger partial charge is 0.119 e. The number of methoxy groups -OCH3 is 1. The van der Waals surface area contributed by atoms with Crippen molar-refractivity contribution in [2.75, 3.05) is 7.11 Å². The third kappa shape index (κ3) is 3.17. The van der Waals surface area contributed by atoms with Gasteiger partial charge < -0.3 is 4.74 Å². The first-order valence-corrected chi connectivity index (χ1v) is 7.41. The number of aromatic nitrogens is 1. The number of nitrogens with zero attached hydrogens (tertiary/aromatic N) is 1. The second-order valence-corrected chi connectivity index (χ2v) is 5.35. The monoisotopic (exact) mass is 289 g/mol. The van der Waals surface area contributed by atoms with Crippen LogP contribution in [-0.4, -0.2) is 12.1 Å². The van der Waals surface area contributed by atoms with Gasteiger partial charge in [-0.25, -0.2) is 0 Å². The number of pyridine rings is 1. The van der Waals surface area contributed by atoms with Gasteiger partial charge in [-0.2, -0.15) is 0 Å². The van der Waals surface area contributed by atoms with Gasteiger partial charge in [0.15, 0.2) is 0 Å². The van der Waals surface area contributed by atoms with Gasteiger partial charge in [0.2, 0.25) is 0 Å². The lowest BCUT2D eigenvalue weighted by Crippen LogP contribution is -1.97. The predicted molar refractivity (Wildman–Crippen MR) is 90.2 cm³/mol. The van der Waals surface area contributed by atoms with Gasteiger partial charge in [0.25, 0.3) is 0 Å². The van der Waals surface area contributed by atoms with Crippen LogP contribution in [0.15, 0.2) is 66.7 Å². The van der Waals surface area contributed by atoms with Gasteiger partial charge in [-0.3, -0.25) is 4.98 Å². The van der Waals surface area contributed by atoms with E-state index < -0.39 is 0 Å². The fourth-order valence-electron chi connectivity index (χ4n) is 2.56. The van der Waals surface area contributed by atoms with Crippen LogP contribution in [0.4, 0.5) is 0 Å². The maximum Gasteiger partial charge on any atom is 0.119 e. The van der Waals surface area contributed by atoms with E-state index in [9.17, 15) is 0 Å². The summed E-state index contributed by atoms with van der Waals surface area (Å²) >= 11 is 0. The Hall–Kier alpha value is -2.61. The highest BCUT2D eigenvalue weighted by Gasteiger charge is 2.09. The molecular formula is C20H19NO. The van der Waals surface area contributed by atoms with Gasteiger partial charge >= 0.3 is 0 Å². The van der Waals surface area contributed by atoms with Crippen LogP contribution < -0.4 is 4.74 Å². The van der Waals surface area contributed by atoms with Gasteiger partial charge in [-0.15, -0.1) is 0 Å². The summed E-state index contributed by atoms with van der Waals surface area (Å²) in [6.45, 7) is 2.02. The van der Waals surface area contributed by atoms with E-state index in [1.54, 1.807) is 7.11 Å². The Bertz CT molecular complexity index is 766. The van der Waals surface area contributed by atoms with Crippen molar-refractivity contribution in [2.45, 2.75) is 13.3 Å². The highest BCUT2D eigenvalue weighted by Crippen LogP contribution is 2.27. The molecule has 22 heavy (non-hydrogen) atoms. The molecule has 0 aliphatic heterocycles. The molecule has 0 spiro atoms. The Labute approximate surface area is 131 Å². The van der Waals surface area contributed by atoms with Crippen molar-refractivity contribution in [1.29, 1.82) is 0 Å². The summed E-state index contributed by atoms with van der Waals surface area (Å²) in [7, 11) is 1.69. The Morgan fingerprint density at radius 3 is 2.50 bits per heavy atom. The van der Waals surface area contributed by atoms with E-state index >= 15 is 0 Å². The summed E-state index contributed by atoms with van der Waals surface area (Å²) < 4.78 is 5.34. The van der Waals surface area contributed by atoms with Crippen LogP contribution in [-0.2, 0) is 6.42 Å². The Morgan fingerprint density at radius 1 is 0.909 bits per heavy atom. The van der Waals surface area contributed by atoms with Crippen LogP contribution >= 0.6 is 0 Å². The maximum absolute atomic E-state index is 5.34. The highest BCUT2D eigenvalue weighted by atomic mass is 16.5. The molecule has 1 aromatic heterocycles. The van der Waals surface area contributed by atoms with Crippen molar-refractivity contribution in [2.24, 2.45) is 0 Å². The van der Waals surface area contributed by atoms with Gasteiger partial charge in [0.1, 0.15) is 5.75 Å². The molecule has 2 aromatic carbocycles. The first kappa shape index (κ1) is 14.3. The lowest BCUT2D eigenvalue weighted by molar-refractivity contribution is 0.415. The molecular weight excluding hydrogens is 270 g/mol. The van der Waals surface area contributed by atoms with Crippen LogP contribution in [0.25, 0.3) is 11.3 Å².